The van der Waals surface area contributed by atoms with E-state index < -0.39 is 0 Å². The van der Waals surface area contributed by atoms with Crippen LogP contribution >= 0.6 is 34.8 Å². The van der Waals surface area contributed by atoms with Gasteiger partial charge in [-0.2, -0.15) is 0 Å². The SMILES string of the molecule is CC(C)NCc1ccc(Oc2cc(Cl)cc(Cl)c2)c(Cl)c1. The number of benzene rings is 2. The Morgan fingerprint density at radius 1 is 1.00 bits per heavy atom. The lowest BCUT2D eigenvalue weighted by Crippen LogP contribution is -2.21. The van der Waals surface area contributed by atoms with Gasteiger partial charge in [0.25, 0.3) is 0 Å². The van der Waals surface area contributed by atoms with Crippen molar-refractivity contribution in [2.24, 2.45) is 0 Å². The Bertz CT molecular complexity index is 609. The van der Waals surface area contributed by atoms with Crippen LogP contribution in [0.3, 0.4) is 0 Å². The molecule has 0 aliphatic heterocycles. The molecule has 112 valence electrons. The summed E-state index contributed by atoms with van der Waals surface area (Å²) < 4.78 is 5.73. The lowest BCUT2D eigenvalue weighted by Gasteiger charge is -2.11. The molecule has 2 aromatic carbocycles. The summed E-state index contributed by atoms with van der Waals surface area (Å²) in [6.45, 7) is 4.96. The topological polar surface area (TPSA) is 21.3 Å². The molecule has 0 radical (unpaired) electrons. The summed E-state index contributed by atoms with van der Waals surface area (Å²) in [4.78, 5) is 0. The van der Waals surface area contributed by atoms with Gasteiger partial charge >= 0.3 is 0 Å². The van der Waals surface area contributed by atoms with Crippen LogP contribution in [0.2, 0.25) is 15.1 Å². The van der Waals surface area contributed by atoms with Crippen molar-refractivity contribution < 1.29 is 4.74 Å². The van der Waals surface area contributed by atoms with Gasteiger partial charge < -0.3 is 10.1 Å². The molecule has 0 atom stereocenters. The predicted octanol–water partition coefficient (Wildman–Crippen LogP) is 5.94. The lowest BCUT2D eigenvalue weighted by molar-refractivity contribution is 0.482. The van der Waals surface area contributed by atoms with Crippen LogP contribution in [0.1, 0.15) is 19.4 Å². The number of halogens is 3. The van der Waals surface area contributed by atoms with Gasteiger partial charge in [-0.15, -0.1) is 0 Å². The fourth-order valence-electron chi connectivity index (χ4n) is 1.77. The smallest absolute Gasteiger partial charge is 0.146 e. The molecule has 0 fully saturated rings. The summed E-state index contributed by atoms with van der Waals surface area (Å²) in [5.74, 6) is 1.13. The Labute approximate surface area is 140 Å². The molecule has 0 spiro atoms. The van der Waals surface area contributed by atoms with Crippen LogP contribution in [-0.4, -0.2) is 6.04 Å². The van der Waals surface area contributed by atoms with E-state index >= 15 is 0 Å². The summed E-state index contributed by atoms with van der Waals surface area (Å²) in [6.07, 6.45) is 0. The summed E-state index contributed by atoms with van der Waals surface area (Å²) in [6, 6.07) is 11.2. The minimum absolute atomic E-state index is 0.424. The van der Waals surface area contributed by atoms with Crippen LogP contribution in [-0.2, 0) is 6.54 Å². The molecule has 0 aliphatic rings. The lowest BCUT2D eigenvalue weighted by atomic mass is 10.2. The second-order valence-corrected chi connectivity index (χ2v) is 6.29. The van der Waals surface area contributed by atoms with E-state index in [2.05, 4.69) is 19.2 Å². The van der Waals surface area contributed by atoms with Crippen LogP contribution in [0.25, 0.3) is 0 Å². The van der Waals surface area contributed by atoms with Crippen molar-refractivity contribution in [3.05, 3.63) is 57.0 Å². The van der Waals surface area contributed by atoms with E-state index in [1.807, 2.05) is 18.2 Å². The molecule has 0 heterocycles. The number of ether oxygens (including phenoxy) is 1. The molecule has 0 aromatic heterocycles. The van der Waals surface area contributed by atoms with Gasteiger partial charge in [0.1, 0.15) is 11.5 Å². The van der Waals surface area contributed by atoms with E-state index in [4.69, 9.17) is 39.5 Å². The van der Waals surface area contributed by atoms with Gasteiger partial charge in [-0.1, -0.05) is 54.7 Å². The van der Waals surface area contributed by atoms with Crippen LogP contribution < -0.4 is 10.1 Å². The van der Waals surface area contributed by atoms with Crippen molar-refractivity contribution >= 4 is 34.8 Å². The quantitative estimate of drug-likeness (QED) is 0.725. The molecule has 0 saturated carbocycles. The van der Waals surface area contributed by atoms with Crippen LogP contribution in [0.4, 0.5) is 0 Å². The minimum atomic E-state index is 0.424. The van der Waals surface area contributed by atoms with Gasteiger partial charge in [0, 0.05) is 22.6 Å². The number of hydrogen-bond acceptors (Lipinski definition) is 2. The van der Waals surface area contributed by atoms with E-state index in [0.717, 1.165) is 12.1 Å². The van der Waals surface area contributed by atoms with Gasteiger partial charge in [0.2, 0.25) is 0 Å². The average Bonchev–Trinajstić information content (AvgIpc) is 2.38. The van der Waals surface area contributed by atoms with Crippen molar-refractivity contribution in [1.82, 2.24) is 5.32 Å². The van der Waals surface area contributed by atoms with E-state index in [-0.39, 0.29) is 0 Å². The van der Waals surface area contributed by atoms with Crippen molar-refractivity contribution in [2.45, 2.75) is 26.4 Å². The second-order valence-electron chi connectivity index (χ2n) is 5.01. The van der Waals surface area contributed by atoms with E-state index in [0.29, 0.717) is 32.6 Å². The number of hydrogen-bond donors (Lipinski definition) is 1. The molecule has 21 heavy (non-hydrogen) atoms. The largest absolute Gasteiger partial charge is 0.456 e. The second kappa shape index (κ2) is 7.37. The highest BCUT2D eigenvalue weighted by molar-refractivity contribution is 6.34. The monoisotopic (exact) mass is 343 g/mol. The molecule has 0 amide bonds. The Hall–Kier alpha value is -0.930. The van der Waals surface area contributed by atoms with Gasteiger partial charge in [-0.3, -0.25) is 0 Å². The number of rotatable bonds is 5. The molecule has 2 rings (SSSR count). The first kappa shape index (κ1) is 16.4. The Kier molecular flexibility index (Phi) is 5.77. The zero-order chi connectivity index (χ0) is 15.4. The normalized spacial score (nSPS) is 11.0. The Balaban J connectivity index is 2.13. The maximum Gasteiger partial charge on any atom is 0.146 e. The standard InChI is InChI=1S/C16H16Cl3NO/c1-10(2)20-9-11-3-4-16(15(19)5-11)21-14-7-12(17)6-13(18)8-14/h3-8,10,20H,9H2,1-2H3. The summed E-state index contributed by atoms with van der Waals surface area (Å²) in [5.41, 5.74) is 1.10. The van der Waals surface area contributed by atoms with Gasteiger partial charge in [-0.25, -0.2) is 0 Å². The first-order chi connectivity index (χ1) is 9.94. The highest BCUT2D eigenvalue weighted by Crippen LogP contribution is 2.33. The molecule has 0 saturated heterocycles. The highest BCUT2D eigenvalue weighted by Gasteiger charge is 2.07. The Morgan fingerprint density at radius 2 is 1.67 bits per heavy atom. The van der Waals surface area contributed by atoms with Gasteiger partial charge in [0.15, 0.2) is 0 Å². The maximum absolute atomic E-state index is 6.26. The Morgan fingerprint density at radius 3 is 2.24 bits per heavy atom. The first-order valence-electron chi connectivity index (χ1n) is 6.60. The highest BCUT2D eigenvalue weighted by atomic mass is 35.5. The van der Waals surface area contributed by atoms with E-state index in [1.54, 1.807) is 18.2 Å². The molecule has 1 N–H and O–H groups in total. The molecule has 0 unspecified atom stereocenters. The molecule has 0 aliphatic carbocycles. The van der Waals surface area contributed by atoms with Crippen LogP contribution in [0, 0.1) is 0 Å². The van der Waals surface area contributed by atoms with Gasteiger partial charge in [0.05, 0.1) is 5.02 Å². The fourth-order valence-corrected chi connectivity index (χ4v) is 2.52. The molecule has 0 bridgehead atoms. The third-order valence-corrected chi connectivity index (χ3v) is 3.51. The molecule has 2 aromatic rings. The zero-order valence-electron chi connectivity index (χ0n) is 11.8. The minimum Gasteiger partial charge on any atom is -0.456 e. The van der Waals surface area contributed by atoms with Gasteiger partial charge in [-0.05, 0) is 35.9 Å². The third kappa shape index (κ3) is 5.08. The number of nitrogens with one attached hydrogen (secondary N) is 1. The molecule has 5 heteroatoms. The van der Waals surface area contributed by atoms with Crippen molar-refractivity contribution in [1.29, 1.82) is 0 Å². The fraction of sp³-hybridized carbons (Fsp3) is 0.250. The van der Waals surface area contributed by atoms with Crippen LogP contribution in [0.15, 0.2) is 36.4 Å². The molecule has 2 nitrogen and oxygen atoms in total. The predicted molar refractivity (Wildman–Crippen MR) is 90.0 cm³/mol. The van der Waals surface area contributed by atoms with Crippen molar-refractivity contribution in [2.75, 3.05) is 0 Å². The summed E-state index contributed by atoms with van der Waals surface area (Å²) >= 11 is 18.1. The van der Waals surface area contributed by atoms with Crippen molar-refractivity contribution in [3.63, 3.8) is 0 Å². The third-order valence-electron chi connectivity index (χ3n) is 2.77. The van der Waals surface area contributed by atoms with E-state index in [9.17, 15) is 0 Å². The maximum atomic E-state index is 6.26. The summed E-state index contributed by atoms with van der Waals surface area (Å²) in [5, 5.41) is 4.93. The summed E-state index contributed by atoms with van der Waals surface area (Å²) in [7, 11) is 0. The average molecular weight is 345 g/mol. The zero-order valence-corrected chi connectivity index (χ0v) is 14.1. The molecular formula is C16H16Cl3NO. The van der Waals surface area contributed by atoms with Crippen molar-refractivity contribution in [3.8, 4) is 11.5 Å². The van der Waals surface area contributed by atoms with E-state index in [1.165, 1.54) is 0 Å². The first-order valence-corrected chi connectivity index (χ1v) is 7.73. The molecular weight excluding hydrogens is 329 g/mol. The van der Waals surface area contributed by atoms with Crippen LogP contribution in [0.5, 0.6) is 11.5 Å².